The van der Waals surface area contributed by atoms with Crippen LogP contribution >= 0.6 is 0 Å². The van der Waals surface area contributed by atoms with Crippen molar-refractivity contribution < 1.29 is 14.6 Å². The van der Waals surface area contributed by atoms with Gasteiger partial charge in [0.05, 0.1) is 12.7 Å². The number of methoxy groups -OCH3 is 1. The molecule has 0 aliphatic carbocycles. The highest BCUT2D eigenvalue weighted by atomic mass is 16.7. The predicted molar refractivity (Wildman–Crippen MR) is 103 cm³/mol. The van der Waals surface area contributed by atoms with Crippen LogP contribution in [0.2, 0.25) is 0 Å². The van der Waals surface area contributed by atoms with Crippen LogP contribution in [0.1, 0.15) is 96.8 Å². The van der Waals surface area contributed by atoms with Crippen LogP contribution in [0.4, 0.5) is 0 Å². The number of unbranched alkanes of at least 4 members (excludes halogenated alkanes) is 12. The Bertz CT molecular complexity index is 253. The lowest BCUT2D eigenvalue weighted by atomic mass is 10.0. The topological polar surface area (TPSA) is 38.7 Å². The van der Waals surface area contributed by atoms with Crippen molar-refractivity contribution in [2.24, 2.45) is 0 Å². The van der Waals surface area contributed by atoms with Crippen LogP contribution in [-0.2, 0) is 9.47 Å². The molecule has 144 valence electrons. The lowest BCUT2D eigenvalue weighted by molar-refractivity contribution is -0.0581. The van der Waals surface area contributed by atoms with Crippen molar-refractivity contribution in [1.82, 2.24) is 0 Å². The third-order valence-corrected chi connectivity index (χ3v) is 4.45. The van der Waals surface area contributed by atoms with Crippen LogP contribution in [0.25, 0.3) is 0 Å². The molecule has 0 aromatic rings. The molecule has 0 rings (SSSR count). The van der Waals surface area contributed by atoms with E-state index in [9.17, 15) is 0 Å². The smallest absolute Gasteiger partial charge is 0.147 e. The van der Waals surface area contributed by atoms with Crippen molar-refractivity contribution in [1.29, 1.82) is 0 Å². The molecule has 0 radical (unpaired) electrons. The van der Waals surface area contributed by atoms with Crippen molar-refractivity contribution >= 4 is 0 Å². The molecule has 0 aromatic heterocycles. The summed E-state index contributed by atoms with van der Waals surface area (Å²) in [4.78, 5) is 0. The molecule has 1 atom stereocenters. The van der Waals surface area contributed by atoms with E-state index in [2.05, 4.69) is 6.92 Å². The van der Waals surface area contributed by atoms with Gasteiger partial charge in [0, 0.05) is 7.11 Å². The Morgan fingerprint density at radius 1 is 0.792 bits per heavy atom. The van der Waals surface area contributed by atoms with Crippen molar-refractivity contribution in [3.63, 3.8) is 0 Å². The molecule has 3 heteroatoms. The third-order valence-electron chi connectivity index (χ3n) is 4.45. The van der Waals surface area contributed by atoms with Crippen LogP contribution in [0.15, 0.2) is 12.2 Å². The van der Waals surface area contributed by atoms with E-state index in [-0.39, 0.29) is 12.7 Å². The summed E-state index contributed by atoms with van der Waals surface area (Å²) < 4.78 is 10.5. The van der Waals surface area contributed by atoms with Gasteiger partial charge in [-0.2, -0.15) is 0 Å². The maximum Gasteiger partial charge on any atom is 0.147 e. The Morgan fingerprint density at radius 2 is 1.29 bits per heavy atom. The predicted octanol–water partition coefficient (Wildman–Crippen LogP) is 6.01. The molecule has 0 heterocycles. The van der Waals surface area contributed by atoms with Crippen LogP contribution in [0.3, 0.4) is 0 Å². The van der Waals surface area contributed by atoms with E-state index in [1.807, 2.05) is 6.08 Å². The number of hydrogen-bond acceptors (Lipinski definition) is 3. The van der Waals surface area contributed by atoms with Crippen molar-refractivity contribution in [3.8, 4) is 0 Å². The Morgan fingerprint density at radius 3 is 1.75 bits per heavy atom. The molecular formula is C21H42O3. The van der Waals surface area contributed by atoms with Gasteiger partial charge in [-0.15, -0.1) is 0 Å². The fraction of sp³-hybridized carbons (Fsp3) is 0.905. The summed E-state index contributed by atoms with van der Waals surface area (Å²) in [6.07, 6.45) is 22.6. The molecule has 0 saturated heterocycles. The van der Waals surface area contributed by atoms with Crippen LogP contribution in [0.5, 0.6) is 0 Å². The molecule has 3 nitrogen and oxygen atoms in total. The van der Waals surface area contributed by atoms with Crippen molar-refractivity contribution in [3.05, 3.63) is 12.2 Å². The summed E-state index contributed by atoms with van der Waals surface area (Å²) in [5.41, 5.74) is 0. The Labute approximate surface area is 150 Å². The maximum absolute atomic E-state index is 8.85. The summed E-state index contributed by atoms with van der Waals surface area (Å²) in [5.74, 6) is 0. The van der Waals surface area contributed by atoms with Crippen LogP contribution < -0.4 is 0 Å². The van der Waals surface area contributed by atoms with Gasteiger partial charge in [-0.25, -0.2) is 0 Å². The molecule has 1 unspecified atom stereocenters. The highest BCUT2D eigenvalue weighted by molar-refractivity contribution is 4.89. The summed E-state index contributed by atoms with van der Waals surface area (Å²) >= 11 is 0. The zero-order chi connectivity index (χ0) is 17.7. The van der Waals surface area contributed by atoms with E-state index < -0.39 is 0 Å². The lowest BCUT2D eigenvalue weighted by Crippen LogP contribution is -2.12. The molecule has 0 bridgehead atoms. The summed E-state index contributed by atoms with van der Waals surface area (Å²) in [6.45, 7) is 2.67. The van der Waals surface area contributed by atoms with Gasteiger partial charge in [0.15, 0.2) is 0 Å². The number of aliphatic hydroxyl groups excluding tert-OH is 1. The fourth-order valence-electron chi connectivity index (χ4n) is 2.97. The molecule has 24 heavy (non-hydrogen) atoms. The average Bonchev–Trinajstić information content (AvgIpc) is 2.60. The molecule has 0 aromatic carbocycles. The quantitative estimate of drug-likeness (QED) is 0.178. The molecule has 0 saturated carbocycles. The summed E-state index contributed by atoms with van der Waals surface area (Å²) in [7, 11) is 1.64. The molecule has 1 N–H and O–H groups in total. The monoisotopic (exact) mass is 342 g/mol. The van der Waals surface area contributed by atoms with Gasteiger partial charge >= 0.3 is 0 Å². The van der Waals surface area contributed by atoms with Crippen molar-refractivity contribution in [2.75, 3.05) is 20.5 Å². The SMILES string of the molecule is CCCCCCCCCCCCCCCC(/C=C/CO)OCOC. The average molecular weight is 343 g/mol. The zero-order valence-electron chi connectivity index (χ0n) is 16.3. The second kappa shape index (κ2) is 20.7. The minimum atomic E-state index is 0.0739. The first kappa shape index (κ1) is 23.6. The third kappa shape index (κ3) is 18.0. The van der Waals surface area contributed by atoms with Crippen molar-refractivity contribution in [2.45, 2.75) is 103 Å². The lowest BCUT2D eigenvalue weighted by Gasteiger charge is -2.13. The Balaban J connectivity index is 3.34. The van der Waals surface area contributed by atoms with Gasteiger partial charge < -0.3 is 14.6 Å². The summed E-state index contributed by atoms with van der Waals surface area (Å²) in [5, 5.41) is 8.85. The number of ether oxygens (including phenoxy) is 2. The van der Waals surface area contributed by atoms with Gasteiger partial charge in [-0.05, 0) is 6.42 Å². The van der Waals surface area contributed by atoms with Crippen LogP contribution in [-0.4, -0.2) is 31.7 Å². The minimum absolute atomic E-state index is 0.0739. The number of hydrogen-bond donors (Lipinski definition) is 1. The standard InChI is InChI=1S/C21H42O3/c1-3-4-5-6-7-8-9-10-11-12-13-14-15-17-21(18-16-19-22)24-20-23-2/h16,18,21-22H,3-15,17,19-20H2,1-2H3/b18-16+. The van der Waals surface area contributed by atoms with E-state index in [0.717, 1.165) is 6.42 Å². The highest BCUT2D eigenvalue weighted by Crippen LogP contribution is 2.14. The number of rotatable bonds is 19. The van der Waals surface area contributed by atoms with E-state index in [0.29, 0.717) is 6.79 Å². The van der Waals surface area contributed by atoms with Crippen LogP contribution in [0, 0.1) is 0 Å². The molecule has 0 fully saturated rings. The van der Waals surface area contributed by atoms with Gasteiger partial charge in [-0.1, -0.05) is 103 Å². The first-order valence-corrected chi connectivity index (χ1v) is 10.2. The normalized spacial score (nSPS) is 13.0. The Hall–Kier alpha value is -0.380. The molecule has 0 amide bonds. The first-order valence-electron chi connectivity index (χ1n) is 10.2. The van der Waals surface area contributed by atoms with Gasteiger partial charge in [0.2, 0.25) is 0 Å². The zero-order valence-corrected chi connectivity index (χ0v) is 16.3. The second-order valence-electron chi connectivity index (χ2n) is 6.75. The number of aliphatic hydroxyl groups is 1. The summed E-state index contributed by atoms with van der Waals surface area (Å²) in [6, 6.07) is 0. The van der Waals surface area contributed by atoms with Gasteiger partial charge in [0.25, 0.3) is 0 Å². The van der Waals surface area contributed by atoms with Gasteiger partial charge in [-0.3, -0.25) is 0 Å². The maximum atomic E-state index is 8.85. The first-order chi connectivity index (χ1) is 11.8. The van der Waals surface area contributed by atoms with E-state index in [1.54, 1.807) is 13.2 Å². The minimum Gasteiger partial charge on any atom is -0.392 e. The van der Waals surface area contributed by atoms with E-state index in [1.165, 1.54) is 83.5 Å². The fourth-order valence-corrected chi connectivity index (χ4v) is 2.97. The largest absolute Gasteiger partial charge is 0.392 e. The highest BCUT2D eigenvalue weighted by Gasteiger charge is 2.04. The van der Waals surface area contributed by atoms with E-state index >= 15 is 0 Å². The molecular weight excluding hydrogens is 300 g/mol. The second-order valence-corrected chi connectivity index (χ2v) is 6.75. The molecule has 0 aliphatic heterocycles. The van der Waals surface area contributed by atoms with Gasteiger partial charge in [0.1, 0.15) is 6.79 Å². The molecule has 0 spiro atoms. The molecule has 0 aliphatic rings. The Kier molecular flexibility index (Phi) is 20.3. The van der Waals surface area contributed by atoms with E-state index in [4.69, 9.17) is 14.6 Å².